The van der Waals surface area contributed by atoms with E-state index < -0.39 is 18.1 Å². The van der Waals surface area contributed by atoms with E-state index in [1.165, 1.54) is 0 Å². The van der Waals surface area contributed by atoms with Gasteiger partial charge in [-0.1, -0.05) is 29.3 Å². The summed E-state index contributed by atoms with van der Waals surface area (Å²) >= 11 is 12.6. The van der Waals surface area contributed by atoms with Crippen LogP contribution in [0.5, 0.6) is 11.5 Å². The fourth-order valence-electron chi connectivity index (χ4n) is 3.70. The van der Waals surface area contributed by atoms with E-state index in [0.29, 0.717) is 54.1 Å². The Morgan fingerprint density at radius 2 is 1.65 bits per heavy atom. The predicted octanol–water partition coefficient (Wildman–Crippen LogP) is 2.59. The van der Waals surface area contributed by atoms with Gasteiger partial charge in [0.2, 0.25) is 5.91 Å². The number of rotatable bonds is 9. The SMILES string of the molecule is COc1ccc(OCC(O)CN2CCN(C(C(N)=O)c3c(Cl)cccc3Cl)CC2)cc1. The Kier molecular flexibility index (Phi) is 8.40. The van der Waals surface area contributed by atoms with E-state index in [9.17, 15) is 9.90 Å². The predicted molar refractivity (Wildman–Crippen MR) is 121 cm³/mol. The number of nitrogens with zero attached hydrogens (tertiary/aromatic N) is 2. The first-order valence-electron chi connectivity index (χ1n) is 10.0. The molecule has 2 atom stereocenters. The Morgan fingerprint density at radius 1 is 1.06 bits per heavy atom. The number of halogens is 2. The second-order valence-electron chi connectivity index (χ2n) is 7.42. The maximum Gasteiger partial charge on any atom is 0.239 e. The summed E-state index contributed by atoms with van der Waals surface area (Å²) in [7, 11) is 1.61. The summed E-state index contributed by atoms with van der Waals surface area (Å²) < 4.78 is 10.8. The van der Waals surface area contributed by atoms with Crippen molar-refractivity contribution in [1.29, 1.82) is 0 Å². The monoisotopic (exact) mass is 467 g/mol. The highest BCUT2D eigenvalue weighted by Gasteiger charge is 2.32. The van der Waals surface area contributed by atoms with E-state index in [0.717, 1.165) is 5.75 Å². The van der Waals surface area contributed by atoms with Crippen LogP contribution in [0, 0.1) is 0 Å². The summed E-state index contributed by atoms with van der Waals surface area (Å²) in [4.78, 5) is 16.3. The molecule has 0 spiro atoms. The van der Waals surface area contributed by atoms with Crippen molar-refractivity contribution in [2.24, 2.45) is 5.73 Å². The first-order chi connectivity index (χ1) is 14.9. The summed E-state index contributed by atoms with van der Waals surface area (Å²) in [5.41, 5.74) is 6.23. The lowest BCUT2D eigenvalue weighted by atomic mass is 10.0. The third kappa shape index (κ3) is 6.24. The first kappa shape index (κ1) is 23.6. The topological polar surface area (TPSA) is 88.3 Å². The minimum Gasteiger partial charge on any atom is -0.497 e. The van der Waals surface area contributed by atoms with Crippen molar-refractivity contribution in [3.05, 3.63) is 58.1 Å². The molecule has 2 aromatic rings. The van der Waals surface area contributed by atoms with Crippen LogP contribution in [0.4, 0.5) is 0 Å². The quantitative estimate of drug-likeness (QED) is 0.589. The van der Waals surface area contributed by atoms with Crippen molar-refractivity contribution >= 4 is 29.1 Å². The highest BCUT2D eigenvalue weighted by Crippen LogP contribution is 2.34. The van der Waals surface area contributed by atoms with E-state index in [1.54, 1.807) is 49.6 Å². The molecule has 31 heavy (non-hydrogen) atoms. The molecule has 0 aliphatic carbocycles. The van der Waals surface area contributed by atoms with Gasteiger partial charge in [-0.3, -0.25) is 14.6 Å². The van der Waals surface area contributed by atoms with Gasteiger partial charge in [-0.25, -0.2) is 0 Å². The van der Waals surface area contributed by atoms with Crippen LogP contribution in [-0.4, -0.2) is 73.4 Å². The number of β-amino-alcohol motifs (C(OH)–C–C–N with tert-alkyl or cyclic N) is 1. The number of methoxy groups -OCH3 is 1. The summed E-state index contributed by atoms with van der Waals surface area (Å²) in [6.07, 6.45) is -0.640. The molecule has 0 saturated carbocycles. The number of aliphatic hydroxyl groups excluding tert-OH is 1. The number of aliphatic hydroxyl groups is 1. The van der Waals surface area contributed by atoms with Gasteiger partial charge in [0.1, 0.15) is 30.3 Å². The molecule has 1 fully saturated rings. The molecule has 1 aliphatic rings. The van der Waals surface area contributed by atoms with Crippen LogP contribution < -0.4 is 15.2 Å². The molecule has 1 amide bonds. The summed E-state index contributed by atoms with van der Waals surface area (Å²) in [6.45, 7) is 3.20. The zero-order valence-corrected chi connectivity index (χ0v) is 18.9. The molecular weight excluding hydrogens is 441 g/mol. The molecular formula is C22H27Cl2N3O4. The first-order valence-corrected chi connectivity index (χ1v) is 10.8. The lowest BCUT2D eigenvalue weighted by molar-refractivity contribution is -0.124. The van der Waals surface area contributed by atoms with E-state index in [4.69, 9.17) is 38.4 Å². The number of nitrogens with two attached hydrogens (primary N) is 1. The Hall–Kier alpha value is -2.03. The molecule has 9 heteroatoms. The van der Waals surface area contributed by atoms with Gasteiger partial charge in [-0.2, -0.15) is 0 Å². The molecule has 0 aromatic heterocycles. The zero-order valence-electron chi connectivity index (χ0n) is 17.3. The largest absolute Gasteiger partial charge is 0.497 e. The van der Waals surface area contributed by atoms with Crippen LogP contribution in [-0.2, 0) is 4.79 Å². The van der Waals surface area contributed by atoms with E-state index in [1.807, 2.05) is 4.90 Å². The smallest absolute Gasteiger partial charge is 0.239 e. The van der Waals surface area contributed by atoms with E-state index in [2.05, 4.69) is 4.90 Å². The fraction of sp³-hybridized carbons (Fsp3) is 0.409. The van der Waals surface area contributed by atoms with Gasteiger partial charge in [-0.05, 0) is 36.4 Å². The minimum atomic E-state index is -0.688. The fourth-order valence-corrected chi connectivity index (χ4v) is 4.30. The minimum absolute atomic E-state index is 0.186. The van der Waals surface area contributed by atoms with E-state index in [-0.39, 0.29) is 6.61 Å². The van der Waals surface area contributed by atoms with Gasteiger partial charge in [0, 0.05) is 48.3 Å². The van der Waals surface area contributed by atoms with Crippen molar-refractivity contribution in [3.8, 4) is 11.5 Å². The van der Waals surface area contributed by atoms with Crippen LogP contribution in [0.2, 0.25) is 10.0 Å². The number of primary amides is 1. The highest BCUT2D eigenvalue weighted by molar-refractivity contribution is 6.36. The van der Waals surface area contributed by atoms with Crippen molar-refractivity contribution in [2.45, 2.75) is 12.1 Å². The maximum atomic E-state index is 12.2. The average molecular weight is 468 g/mol. The Bertz CT molecular complexity index is 853. The molecule has 2 aromatic carbocycles. The standard InChI is InChI=1S/C22H27Cl2N3O4/c1-30-16-5-7-17(8-6-16)31-14-15(28)13-26-9-11-27(12-10-26)21(22(25)29)20-18(23)3-2-4-19(20)24/h2-8,15,21,28H,9-14H2,1H3,(H2,25,29). The Morgan fingerprint density at radius 3 is 2.19 bits per heavy atom. The number of carbonyl (C=O) groups excluding carboxylic acids is 1. The Labute approximate surface area is 192 Å². The molecule has 0 radical (unpaired) electrons. The number of hydrogen-bond donors (Lipinski definition) is 2. The number of benzene rings is 2. The molecule has 0 bridgehead atoms. The van der Waals surface area contributed by atoms with Gasteiger partial charge in [0.05, 0.1) is 7.11 Å². The third-order valence-electron chi connectivity index (χ3n) is 5.29. The zero-order chi connectivity index (χ0) is 22.4. The molecule has 1 heterocycles. The second kappa shape index (κ2) is 11.0. The van der Waals surface area contributed by atoms with Crippen molar-refractivity contribution in [2.75, 3.05) is 46.4 Å². The molecule has 7 nitrogen and oxygen atoms in total. The van der Waals surface area contributed by atoms with Gasteiger partial charge >= 0.3 is 0 Å². The summed E-state index contributed by atoms with van der Waals surface area (Å²) in [5, 5.41) is 11.2. The maximum absolute atomic E-state index is 12.2. The van der Waals surface area contributed by atoms with E-state index >= 15 is 0 Å². The highest BCUT2D eigenvalue weighted by atomic mass is 35.5. The second-order valence-corrected chi connectivity index (χ2v) is 8.23. The van der Waals surface area contributed by atoms with Crippen LogP contribution in [0.1, 0.15) is 11.6 Å². The van der Waals surface area contributed by atoms with Crippen molar-refractivity contribution < 1.29 is 19.4 Å². The molecule has 2 unspecified atom stereocenters. The summed E-state index contributed by atoms with van der Waals surface area (Å²) in [5.74, 6) is 0.931. The number of amides is 1. The number of ether oxygens (including phenoxy) is 2. The molecule has 3 rings (SSSR count). The molecule has 3 N–H and O–H groups in total. The van der Waals surface area contributed by atoms with Crippen molar-refractivity contribution in [1.82, 2.24) is 9.80 Å². The van der Waals surface area contributed by atoms with Gasteiger partial charge in [0.25, 0.3) is 0 Å². The summed E-state index contributed by atoms with van der Waals surface area (Å²) in [6, 6.07) is 11.7. The van der Waals surface area contributed by atoms with Crippen LogP contribution in [0.15, 0.2) is 42.5 Å². The van der Waals surface area contributed by atoms with Crippen LogP contribution >= 0.6 is 23.2 Å². The number of hydrogen-bond acceptors (Lipinski definition) is 6. The van der Waals surface area contributed by atoms with Crippen LogP contribution in [0.3, 0.4) is 0 Å². The average Bonchev–Trinajstić information content (AvgIpc) is 2.76. The normalized spacial score (nSPS) is 17.2. The van der Waals surface area contributed by atoms with Crippen molar-refractivity contribution in [3.63, 3.8) is 0 Å². The third-order valence-corrected chi connectivity index (χ3v) is 5.94. The number of piperazine rings is 1. The lowest BCUT2D eigenvalue weighted by Crippen LogP contribution is -2.52. The molecule has 1 saturated heterocycles. The van der Waals surface area contributed by atoms with Gasteiger partial charge < -0.3 is 20.3 Å². The Balaban J connectivity index is 1.51. The lowest BCUT2D eigenvalue weighted by Gasteiger charge is -2.39. The number of carbonyl (C=O) groups is 1. The van der Waals surface area contributed by atoms with Crippen LogP contribution in [0.25, 0.3) is 0 Å². The molecule has 1 aliphatic heterocycles. The molecule has 168 valence electrons. The van der Waals surface area contributed by atoms with Gasteiger partial charge in [-0.15, -0.1) is 0 Å². The van der Waals surface area contributed by atoms with Gasteiger partial charge in [0.15, 0.2) is 0 Å².